The molecule has 4 aromatic rings. The number of carbonyl (C=O) groups excluding carboxylic acids is 1. The number of alkyl halides is 3. The van der Waals surface area contributed by atoms with Crippen LogP contribution in [0.2, 0.25) is 10.0 Å². The van der Waals surface area contributed by atoms with Crippen LogP contribution in [0.25, 0.3) is 22.0 Å². The molecular formula is C23H18Cl2F3N5O2. The second kappa shape index (κ2) is 9.10. The first-order valence-electron chi connectivity index (χ1n) is 10.3. The van der Waals surface area contributed by atoms with Crippen LogP contribution in [0, 0.1) is 0 Å². The molecule has 2 aromatic heterocycles. The van der Waals surface area contributed by atoms with Gasteiger partial charge in [-0.2, -0.15) is 13.2 Å². The minimum Gasteiger partial charge on any atom is -0.375 e. The number of nitrogens with two attached hydrogens (primary N) is 1. The van der Waals surface area contributed by atoms with Gasteiger partial charge in [-0.1, -0.05) is 47.5 Å². The van der Waals surface area contributed by atoms with Crippen LogP contribution in [0.15, 0.2) is 48.7 Å². The van der Waals surface area contributed by atoms with Crippen LogP contribution in [-0.2, 0) is 12.1 Å². The molecule has 1 atom stereocenters. The number of fused-ring (bicyclic) bond motifs is 1. The molecule has 12 heteroatoms. The number of primary amides is 1. The number of nitrogens with zero attached hydrogens (tertiary/aromatic N) is 4. The lowest BCUT2D eigenvalue weighted by molar-refractivity contribution is -0.269. The van der Waals surface area contributed by atoms with E-state index in [9.17, 15) is 23.1 Å². The summed E-state index contributed by atoms with van der Waals surface area (Å²) in [6.45, 7) is 1.25. The highest BCUT2D eigenvalue weighted by atomic mass is 35.5. The smallest absolute Gasteiger partial charge is 0.375 e. The van der Waals surface area contributed by atoms with E-state index in [-0.39, 0.29) is 12.2 Å². The lowest BCUT2D eigenvalue weighted by Gasteiger charge is -2.26. The van der Waals surface area contributed by atoms with Gasteiger partial charge >= 0.3 is 6.18 Å². The maximum absolute atomic E-state index is 13.3. The predicted molar refractivity (Wildman–Crippen MR) is 125 cm³/mol. The van der Waals surface area contributed by atoms with Crippen molar-refractivity contribution < 1.29 is 23.1 Å². The highest BCUT2D eigenvalue weighted by Gasteiger charge is 2.55. The largest absolute Gasteiger partial charge is 0.423 e. The second-order valence-electron chi connectivity index (χ2n) is 7.94. The Bertz CT molecular complexity index is 1420. The van der Waals surface area contributed by atoms with Crippen molar-refractivity contribution in [1.82, 2.24) is 20.0 Å². The van der Waals surface area contributed by atoms with E-state index in [2.05, 4.69) is 15.3 Å². The fourth-order valence-electron chi connectivity index (χ4n) is 3.73. The van der Waals surface area contributed by atoms with Gasteiger partial charge in [0, 0.05) is 15.4 Å². The Morgan fingerprint density at radius 3 is 2.40 bits per heavy atom. The van der Waals surface area contributed by atoms with Gasteiger partial charge in [-0.3, -0.25) is 4.79 Å². The van der Waals surface area contributed by atoms with E-state index in [1.54, 1.807) is 42.5 Å². The molecule has 0 bridgehead atoms. The molecule has 0 aliphatic rings. The van der Waals surface area contributed by atoms with E-state index >= 15 is 0 Å². The van der Waals surface area contributed by atoms with E-state index in [4.69, 9.17) is 28.9 Å². The number of amides is 1. The first-order valence-corrected chi connectivity index (χ1v) is 11.1. The average Bonchev–Trinajstić information content (AvgIpc) is 3.24. The monoisotopic (exact) mass is 523 g/mol. The quantitative estimate of drug-likeness (QED) is 0.365. The molecule has 0 aliphatic carbocycles. The van der Waals surface area contributed by atoms with Gasteiger partial charge in [0.15, 0.2) is 0 Å². The fraction of sp³-hybridized carbons (Fsp3) is 0.217. The molecule has 35 heavy (non-hydrogen) atoms. The Balaban J connectivity index is 1.75. The summed E-state index contributed by atoms with van der Waals surface area (Å²) in [5.41, 5.74) is 4.11. The molecule has 0 unspecified atom stereocenters. The van der Waals surface area contributed by atoms with Gasteiger partial charge in [0.25, 0.3) is 5.91 Å². The maximum Gasteiger partial charge on any atom is 0.423 e. The van der Waals surface area contributed by atoms with E-state index in [1.807, 2.05) is 0 Å². The van der Waals surface area contributed by atoms with Crippen molar-refractivity contribution in [2.45, 2.75) is 31.7 Å². The summed E-state index contributed by atoms with van der Waals surface area (Å²) in [4.78, 5) is 16.2. The summed E-state index contributed by atoms with van der Waals surface area (Å²) in [5, 5.41) is 18.8. The molecule has 1 amide bonds. The summed E-state index contributed by atoms with van der Waals surface area (Å²) in [6, 6.07) is 11.6. The molecule has 0 saturated carbocycles. The lowest BCUT2D eigenvalue weighted by Crippen LogP contribution is -2.42. The maximum atomic E-state index is 13.3. The van der Waals surface area contributed by atoms with Crippen LogP contribution in [0.3, 0.4) is 0 Å². The Morgan fingerprint density at radius 1 is 1.11 bits per heavy atom. The third-order valence-corrected chi connectivity index (χ3v) is 6.02. The van der Waals surface area contributed by atoms with Gasteiger partial charge in [0.1, 0.15) is 11.4 Å². The Labute approximate surface area is 207 Å². The standard InChI is InChI=1S/C23H18Cl2F3N5O2/c1-2-22(35,23(26,27)28)20-11-33(32-31-20)10-12-3-4-16-17(13-6-14(24)8-15(25)7-13)9-19(21(29)34)30-18(16)5-12/h3-9,11,35H,2,10H2,1H3,(H2,29,34)/t22-/m0/s1. The number of rotatable bonds is 6. The molecular weight excluding hydrogens is 506 g/mol. The van der Waals surface area contributed by atoms with Gasteiger partial charge in [0.05, 0.1) is 18.3 Å². The molecule has 182 valence electrons. The predicted octanol–water partition coefficient (Wildman–Crippen LogP) is 5.11. The molecule has 0 aliphatic heterocycles. The summed E-state index contributed by atoms with van der Waals surface area (Å²) < 4.78 is 41.2. The molecule has 0 radical (unpaired) electrons. The molecule has 0 fully saturated rings. The SMILES string of the molecule is CC[C@](O)(c1cn(Cc2ccc3c(-c4cc(Cl)cc(Cl)c4)cc(C(N)=O)nc3c2)nn1)C(F)(F)F. The van der Waals surface area contributed by atoms with Gasteiger partial charge in [0.2, 0.25) is 5.60 Å². The van der Waals surface area contributed by atoms with Crippen LogP contribution < -0.4 is 5.73 Å². The second-order valence-corrected chi connectivity index (χ2v) is 8.81. The number of aromatic nitrogens is 4. The van der Waals surface area contributed by atoms with Gasteiger partial charge in [-0.15, -0.1) is 5.10 Å². The first-order chi connectivity index (χ1) is 16.4. The third-order valence-electron chi connectivity index (χ3n) is 5.59. The Morgan fingerprint density at radius 2 is 1.80 bits per heavy atom. The zero-order valence-electron chi connectivity index (χ0n) is 18.1. The lowest BCUT2D eigenvalue weighted by atomic mass is 9.96. The van der Waals surface area contributed by atoms with Gasteiger partial charge in [-0.25, -0.2) is 9.67 Å². The van der Waals surface area contributed by atoms with Crippen molar-refractivity contribution in [3.8, 4) is 11.1 Å². The van der Waals surface area contributed by atoms with Crippen molar-refractivity contribution in [1.29, 1.82) is 0 Å². The van der Waals surface area contributed by atoms with Crippen molar-refractivity contribution in [2.24, 2.45) is 5.73 Å². The summed E-state index contributed by atoms with van der Waals surface area (Å²) in [5.74, 6) is -0.737. The van der Waals surface area contributed by atoms with Crippen LogP contribution in [0.4, 0.5) is 13.2 Å². The Kier molecular flexibility index (Phi) is 6.48. The summed E-state index contributed by atoms with van der Waals surface area (Å²) in [7, 11) is 0. The van der Waals surface area contributed by atoms with E-state index in [0.29, 0.717) is 37.6 Å². The van der Waals surface area contributed by atoms with E-state index in [0.717, 1.165) is 6.20 Å². The van der Waals surface area contributed by atoms with Crippen molar-refractivity contribution in [3.05, 3.63) is 75.7 Å². The van der Waals surface area contributed by atoms with Crippen molar-refractivity contribution >= 4 is 40.0 Å². The van der Waals surface area contributed by atoms with Crippen molar-refractivity contribution in [2.75, 3.05) is 0 Å². The van der Waals surface area contributed by atoms with Crippen LogP contribution in [0.5, 0.6) is 0 Å². The zero-order chi connectivity index (χ0) is 25.5. The number of pyridine rings is 1. The highest BCUT2D eigenvalue weighted by Crippen LogP contribution is 2.40. The van der Waals surface area contributed by atoms with Crippen LogP contribution >= 0.6 is 23.2 Å². The summed E-state index contributed by atoms with van der Waals surface area (Å²) in [6.07, 6.45) is -4.46. The van der Waals surface area contributed by atoms with E-state index in [1.165, 1.54) is 11.6 Å². The number of carbonyl (C=O) groups is 1. The summed E-state index contributed by atoms with van der Waals surface area (Å²) >= 11 is 12.3. The van der Waals surface area contributed by atoms with Crippen LogP contribution in [0.1, 0.15) is 35.1 Å². The van der Waals surface area contributed by atoms with Gasteiger partial charge in [-0.05, 0) is 53.4 Å². The topological polar surface area (TPSA) is 107 Å². The van der Waals surface area contributed by atoms with Gasteiger partial charge < -0.3 is 10.8 Å². The van der Waals surface area contributed by atoms with Crippen LogP contribution in [-0.4, -0.2) is 37.2 Å². The average molecular weight is 524 g/mol. The third kappa shape index (κ3) is 4.82. The number of benzene rings is 2. The zero-order valence-corrected chi connectivity index (χ0v) is 19.7. The highest BCUT2D eigenvalue weighted by molar-refractivity contribution is 6.35. The number of hydrogen-bond donors (Lipinski definition) is 2. The Hall–Kier alpha value is -3.21. The molecule has 3 N–H and O–H groups in total. The fourth-order valence-corrected chi connectivity index (χ4v) is 4.25. The van der Waals surface area contributed by atoms with E-state index < -0.39 is 29.8 Å². The number of hydrogen-bond acceptors (Lipinski definition) is 5. The molecule has 0 spiro atoms. The normalized spacial score (nSPS) is 13.7. The molecule has 2 aromatic carbocycles. The minimum absolute atomic E-state index is 0.0157. The first kappa shape index (κ1) is 24.9. The molecule has 2 heterocycles. The molecule has 7 nitrogen and oxygen atoms in total. The number of aliphatic hydroxyl groups is 1. The molecule has 4 rings (SSSR count). The van der Waals surface area contributed by atoms with Crippen molar-refractivity contribution in [3.63, 3.8) is 0 Å². The molecule has 0 saturated heterocycles. The number of halogens is 5. The minimum atomic E-state index is -4.90.